The van der Waals surface area contributed by atoms with Crippen LogP contribution in [0.25, 0.3) is 17.2 Å². The first-order chi connectivity index (χ1) is 15.2. The number of hydrogen-bond donors (Lipinski definition) is 0. The molecular weight excluding hydrogens is 384 g/mol. The van der Waals surface area contributed by atoms with Gasteiger partial charge in [0, 0.05) is 5.92 Å². The van der Waals surface area contributed by atoms with Crippen LogP contribution < -0.4 is 0 Å². The largest absolute Gasteiger partial charge is 0.0986 e. The van der Waals surface area contributed by atoms with Crippen LogP contribution in [0.5, 0.6) is 0 Å². The smallest absolute Gasteiger partial charge is 0.00826 e. The average molecular weight is 423 g/mol. The lowest BCUT2D eigenvalue weighted by Crippen LogP contribution is -2.15. The van der Waals surface area contributed by atoms with Gasteiger partial charge in [-0.15, -0.1) is 0 Å². The Bertz CT molecular complexity index is 1120. The maximum absolute atomic E-state index is 4.41. The van der Waals surface area contributed by atoms with Crippen LogP contribution in [-0.4, -0.2) is 0 Å². The molecule has 0 nitrogen and oxygen atoms in total. The molecular formula is C32H38. The first-order valence-electron chi connectivity index (χ1n) is 12.2. The van der Waals surface area contributed by atoms with Gasteiger partial charge in [0.2, 0.25) is 0 Å². The number of fused-ring (bicyclic) bond motifs is 1. The fourth-order valence-electron chi connectivity index (χ4n) is 5.41. The van der Waals surface area contributed by atoms with Crippen molar-refractivity contribution < 1.29 is 0 Å². The predicted octanol–water partition coefficient (Wildman–Crippen LogP) is 8.82. The van der Waals surface area contributed by atoms with Gasteiger partial charge < -0.3 is 0 Å². The molecule has 166 valence electrons. The van der Waals surface area contributed by atoms with E-state index in [1.54, 1.807) is 0 Å². The van der Waals surface area contributed by atoms with E-state index in [4.69, 9.17) is 0 Å². The molecule has 0 aromatic heterocycles. The zero-order valence-corrected chi connectivity index (χ0v) is 20.6. The van der Waals surface area contributed by atoms with Crippen molar-refractivity contribution in [3.63, 3.8) is 0 Å². The van der Waals surface area contributed by atoms with E-state index in [0.717, 1.165) is 19.3 Å². The van der Waals surface area contributed by atoms with E-state index < -0.39 is 0 Å². The third-order valence-electron chi connectivity index (χ3n) is 7.40. The molecule has 0 heterocycles. The summed E-state index contributed by atoms with van der Waals surface area (Å²) in [5, 5.41) is 0. The Morgan fingerprint density at radius 3 is 2.59 bits per heavy atom. The van der Waals surface area contributed by atoms with Gasteiger partial charge in [0.05, 0.1) is 0 Å². The summed E-state index contributed by atoms with van der Waals surface area (Å²) in [5.41, 5.74) is 14.1. The van der Waals surface area contributed by atoms with Crippen molar-refractivity contribution in [2.75, 3.05) is 0 Å². The van der Waals surface area contributed by atoms with E-state index in [-0.39, 0.29) is 0 Å². The van der Waals surface area contributed by atoms with Crippen LogP contribution in [0, 0.1) is 31.6 Å². The number of aryl methyl sites for hydroxylation is 2. The summed E-state index contributed by atoms with van der Waals surface area (Å²) < 4.78 is 0. The van der Waals surface area contributed by atoms with Crippen LogP contribution in [-0.2, 0) is 12.8 Å². The summed E-state index contributed by atoms with van der Waals surface area (Å²) in [4.78, 5) is 0. The van der Waals surface area contributed by atoms with Gasteiger partial charge in [-0.25, -0.2) is 0 Å². The molecule has 2 aliphatic rings. The Morgan fingerprint density at radius 1 is 1.06 bits per heavy atom. The highest BCUT2D eigenvalue weighted by atomic mass is 14.3. The Hall–Kier alpha value is -2.60. The fraction of sp³-hybridized carbons (Fsp3) is 0.375. The third-order valence-corrected chi connectivity index (χ3v) is 7.40. The summed E-state index contributed by atoms with van der Waals surface area (Å²) in [6.45, 7) is 20.1. The van der Waals surface area contributed by atoms with Crippen molar-refractivity contribution in [1.82, 2.24) is 0 Å². The van der Waals surface area contributed by atoms with Crippen molar-refractivity contribution in [3.8, 4) is 11.1 Å². The number of benzene rings is 2. The molecule has 2 unspecified atom stereocenters. The van der Waals surface area contributed by atoms with E-state index in [9.17, 15) is 0 Å². The van der Waals surface area contributed by atoms with E-state index in [0.29, 0.717) is 17.8 Å². The quantitative estimate of drug-likeness (QED) is 0.408. The first-order valence-corrected chi connectivity index (χ1v) is 12.2. The molecule has 4 rings (SSSR count). The molecule has 2 aromatic rings. The Labute approximate surface area is 195 Å². The Kier molecular flexibility index (Phi) is 6.42. The highest BCUT2D eigenvalue weighted by Crippen LogP contribution is 2.42. The van der Waals surface area contributed by atoms with Gasteiger partial charge in [-0.3, -0.25) is 0 Å². The second-order valence-corrected chi connectivity index (χ2v) is 10.4. The summed E-state index contributed by atoms with van der Waals surface area (Å²) in [6.07, 6.45) is 11.3. The fourth-order valence-corrected chi connectivity index (χ4v) is 5.41. The lowest BCUT2D eigenvalue weighted by Gasteiger charge is -2.28. The third kappa shape index (κ3) is 4.46. The number of hydrogen-bond acceptors (Lipinski definition) is 0. The predicted molar refractivity (Wildman–Crippen MR) is 141 cm³/mol. The number of rotatable bonds is 6. The Balaban J connectivity index is 1.66. The minimum Gasteiger partial charge on any atom is -0.0986 e. The van der Waals surface area contributed by atoms with E-state index in [2.05, 4.69) is 96.3 Å². The molecule has 0 bridgehead atoms. The first kappa shape index (κ1) is 22.6. The topological polar surface area (TPSA) is 0 Å². The van der Waals surface area contributed by atoms with Crippen molar-refractivity contribution in [1.29, 1.82) is 0 Å². The van der Waals surface area contributed by atoms with Gasteiger partial charge in [-0.2, -0.15) is 0 Å². The zero-order chi connectivity index (χ0) is 23.0. The van der Waals surface area contributed by atoms with Crippen LogP contribution in [0.2, 0.25) is 0 Å². The van der Waals surface area contributed by atoms with Crippen molar-refractivity contribution in [2.24, 2.45) is 17.8 Å². The second kappa shape index (κ2) is 9.10. The second-order valence-electron chi connectivity index (χ2n) is 10.4. The molecule has 2 aromatic carbocycles. The van der Waals surface area contributed by atoms with Gasteiger partial charge in [-0.1, -0.05) is 99.2 Å². The van der Waals surface area contributed by atoms with Crippen LogP contribution >= 0.6 is 0 Å². The summed E-state index contributed by atoms with van der Waals surface area (Å²) in [6, 6.07) is 11.6. The SMILES string of the molecule is C=C1C=CC(C)C(=C)C1CC1=Cc2cccc(-c3cc(C)cc(C)c3CCC(C)C)c2C1. The minimum atomic E-state index is 0.363. The molecule has 0 saturated carbocycles. The van der Waals surface area contributed by atoms with Gasteiger partial charge in [-0.05, 0) is 90.3 Å². The van der Waals surface area contributed by atoms with E-state index in [1.807, 2.05) is 0 Å². The average Bonchev–Trinajstić information content (AvgIpc) is 3.15. The van der Waals surface area contributed by atoms with Gasteiger partial charge >= 0.3 is 0 Å². The summed E-state index contributed by atoms with van der Waals surface area (Å²) in [7, 11) is 0. The van der Waals surface area contributed by atoms with E-state index in [1.165, 1.54) is 62.1 Å². The molecule has 0 radical (unpaired) electrons. The van der Waals surface area contributed by atoms with Crippen LogP contribution in [0.15, 0.2) is 72.4 Å². The molecule has 0 N–H and O–H groups in total. The van der Waals surface area contributed by atoms with E-state index >= 15 is 0 Å². The summed E-state index contributed by atoms with van der Waals surface area (Å²) in [5.74, 6) is 1.51. The summed E-state index contributed by atoms with van der Waals surface area (Å²) >= 11 is 0. The van der Waals surface area contributed by atoms with Crippen LogP contribution in [0.4, 0.5) is 0 Å². The van der Waals surface area contributed by atoms with Crippen molar-refractivity contribution >= 4 is 6.08 Å². The standard InChI is InChI=1S/C32H38/c1-20(2)11-14-28-24(6)15-21(3)16-32(28)29-10-8-9-27-17-26(19-31(27)29)18-30-23(5)13-12-22(4)25(30)7/h8-10,12-13,15-17,20,22,30H,5,7,11,14,18-19H2,1-4,6H3. The monoisotopic (exact) mass is 422 g/mol. The zero-order valence-electron chi connectivity index (χ0n) is 20.6. The lowest BCUT2D eigenvalue weighted by atomic mass is 9.77. The van der Waals surface area contributed by atoms with Crippen molar-refractivity contribution in [3.05, 3.63) is 100 Å². The highest BCUT2D eigenvalue weighted by molar-refractivity contribution is 5.80. The highest BCUT2D eigenvalue weighted by Gasteiger charge is 2.26. The molecule has 32 heavy (non-hydrogen) atoms. The molecule has 0 saturated heterocycles. The van der Waals surface area contributed by atoms with Gasteiger partial charge in [0.1, 0.15) is 0 Å². The molecule has 0 fully saturated rings. The molecule has 2 atom stereocenters. The molecule has 0 aliphatic heterocycles. The Morgan fingerprint density at radius 2 is 1.84 bits per heavy atom. The maximum atomic E-state index is 4.41. The molecule has 0 spiro atoms. The normalized spacial score (nSPS) is 20.1. The maximum Gasteiger partial charge on any atom is 0.00826 e. The van der Waals surface area contributed by atoms with Crippen LogP contribution in [0.3, 0.4) is 0 Å². The lowest BCUT2D eigenvalue weighted by molar-refractivity contribution is 0.586. The molecule has 2 aliphatic carbocycles. The molecule has 0 amide bonds. The minimum absolute atomic E-state index is 0.363. The molecule has 0 heteroatoms. The number of allylic oxidation sites excluding steroid dienone is 5. The van der Waals surface area contributed by atoms with Gasteiger partial charge in [0.25, 0.3) is 0 Å². The van der Waals surface area contributed by atoms with Crippen molar-refractivity contribution in [2.45, 2.75) is 60.3 Å². The van der Waals surface area contributed by atoms with Crippen LogP contribution in [0.1, 0.15) is 61.4 Å². The van der Waals surface area contributed by atoms with Gasteiger partial charge in [0.15, 0.2) is 0 Å².